The summed E-state index contributed by atoms with van der Waals surface area (Å²) in [4.78, 5) is 25.2. The number of hydrogen-bond acceptors (Lipinski definition) is 4. The summed E-state index contributed by atoms with van der Waals surface area (Å²) in [5, 5.41) is 6.32. The molecule has 0 aromatic heterocycles. The highest BCUT2D eigenvalue weighted by molar-refractivity contribution is 6.34. The summed E-state index contributed by atoms with van der Waals surface area (Å²) in [6.07, 6.45) is -1.42. The fourth-order valence-corrected chi connectivity index (χ4v) is 4.03. The third kappa shape index (κ3) is 7.06. The van der Waals surface area contributed by atoms with Crippen LogP contribution < -0.4 is 20.1 Å². The zero-order valence-electron chi connectivity index (χ0n) is 20.8. The van der Waals surface area contributed by atoms with Gasteiger partial charge in [-0.25, -0.2) is 0 Å². The number of para-hydroxylation sites is 2. The van der Waals surface area contributed by atoms with E-state index in [0.717, 1.165) is 11.1 Å². The van der Waals surface area contributed by atoms with Crippen LogP contribution in [0.15, 0.2) is 97.1 Å². The maximum Gasteiger partial charge on any atom is 0.265 e. The SMILES string of the molecule is C[C@H](Oc1ccccc1)C(=O)Nc1ccc(-c2ccc(NC(=O)[C@H](C)Oc3ccccc3)c(Cl)c2)cc1Cl. The van der Waals surface area contributed by atoms with Crippen LogP contribution in [0.2, 0.25) is 10.0 Å². The second-order valence-electron chi connectivity index (χ2n) is 8.51. The first kappa shape index (κ1) is 27.0. The molecule has 0 saturated heterocycles. The van der Waals surface area contributed by atoms with Gasteiger partial charge in [0, 0.05) is 0 Å². The van der Waals surface area contributed by atoms with Crippen LogP contribution in [-0.4, -0.2) is 24.0 Å². The Morgan fingerprint density at radius 2 is 0.974 bits per heavy atom. The molecule has 0 heterocycles. The van der Waals surface area contributed by atoms with Gasteiger partial charge < -0.3 is 20.1 Å². The fraction of sp³-hybridized carbons (Fsp3) is 0.133. The Morgan fingerprint density at radius 3 is 1.32 bits per heavy atom. The number of nitrogens with one attached hydrogen (secondary N) is 2. The minimum atomic E-state index is -0.712. The van der Waals surface area contributed by atoms with Crippen LogP contribution in [0.5, 0.6) is 11.5 Å². The lowest BCUT2D eigenvalue weighted by molar-refractivity contribution is -0.122. The largest absolute Gasteiger partial charge is 0.481 e. The Balaban J connectivity index is 1.39. The van der Waals surface area contributed by atoms with Crippen LogP contribution in [0.25, 0.3) is 11.1 Å². The van der Waals surface area contributed by atoms with Gasteiger partial charge in [0.05, 0.1) is 21.4 Å². The van der Waals surface area contributed by atoms with E-state index in [-0.39, 0.29) is 11.8 Å². The number of hydrogen-bond donors (Lipinski definition) is 2. The maximum atomic E-state index is 12.6. The molecule has 0 fully saturated rings. The predicted octanol–water partition coefficient (Wildman–Crippen LogP) is 7.47. The maximum absolute atomic E-state index is 12.6. The lowest BCUT2D eigenvalue weighted by Crippen LogP contribution is -2.30. The molecule has 0 aliphatic heterocycles. The molecule has 0 unspecified atom stereocenters. The van der Waals surface area contributed by atoms with Crippen LogP contribution in [0.3, 0.4) is 0 Å². The molecule has 0 bridgehead atoms. The van der Waals surface area contributed by atoms with Crippen molar-refractivity contribution in [1.82, 2.24) is 0 Å². The summed E-state index contributed by atoms with van der Waals surface area (Å²) in [6.45, 7) is 3.34. The number of ether oxygens (including phenoxy) is 2. The number of carbonyl (C=O) groups excluding carboxylic acids is 2. The van der Waals surface area contributed by atoms with Gasteiger partial charge in [-0.05, 0) is 73.5 Å². The molecule has 0 saturated carbocycles. The van der Waals surface area contributed by atoms with E-state index in [1.54, 1.807) is 62.4 Å². The van der Waals surface area contributed by atoms with Gasteiger partial charge in [0.1, 0.15) is 11.5 Å². The third-order valence-corrected chi connectivity index (χ3v) is 6.26. The first-order valence-corrected chi connectivity index (χ1v) is 12.7. The molecule has 4 rings (SSSR count). The zero-order valence-corrected chi connectivity index (χ0v) is 22.3. The van der Waals surface area contributed by atoms with E-state index in [0.29, 0.717) is 32.9 Å². The molecule has 4 aromatic rings. The van der Waals surface area contributed by atoms with Crippen molar-refractivity contribution in [3.63, 3.8) is 0 Å². The first-order chi connectivity index (χ1) is 18.3. The normalized spacial score (nSPS) is 12.2. The topological polar surface area (TPSA) is 76.7 Å². The van der Waals surface area contributed by atoms with Crippen molar-refractivity contribution in [1.29, 1.82) is 0 Å². The third-order valence-electron chi connectivity index (χ3n) is 5.64. The lowest BCUT2D eigenvalue weighted by atomic mass is 10.0. The van der Waals surface area contributed by atoms with E-state index in [1.165, 1.54) is 0 Å². The summed E-state index contributed by atoms with van der Waals surface area (Å²) < 4.78 is 11.3. The van der Waals surface area contributed by atoms with Crippen molar-refractivity contribution in [3.8, 4) is 22.6 Å². The molecule has 0 radical (unpaired) electrons. The summed E-state index contributed by atoms with van der Waals surface area (Å²) in [5.74, 6) is 0.562. The number of rotatable bonds is 9. The van der Waals surface area contributed by atoms with Gasteiger partial charge in [-0.3, -0.25) is 9.59 Å². The Hall–Kier alpha value is -4.00. The van der Waals surface area contributed by atoms with E-state index in [4.69, 9.17) is 32.7 Å². The van der Waals surface area contributed by atoms with Crippen LogP contribution in [0, 0.1) is 0 Å². The number of halogens is 2. The Kier molecular flexibility index (Phi) is 8.89. The van der Waals surface area contributed by atoms with E-state index >= 15 is 0 Å². The van der Waals surface area contributed by atoms with E-state index in [1.807, 2.05) is 48.5 Å². The molecule has 0 spiro atoms. The molecule has 6 nitrogen and oxygen atoms in total. The number of anilines is 2. The highest BCUT2D eigenvalue weighted by Gasteiger charge is 2.18. The predicted molar refractivity (Wildman–Crippen MR) is 152 cm³/mol. The number of benzene rings is 4. The first-order valence-electron chi connectivity index (χ1n) is 11.9. The van der Waals surface area contributed by atoms with Gasteiger partial charge >= 0.3 is 0 Å². The van der Waals surface area contributed by atoms with Gasteiger partial charge in [0.25, 0.3) is 11.8 Å². The molecule has 8 heteroatoms. The van der Waals surface area contributed by atoms with Gasteiger partial charge in [-0.2, -0.15) is 0 Å². The second kappa shape index (κ2) is 12.5. The molecule has 38 heavy (non-hydrogen) atoms. The molecular formula is C30H26Cl2N2O4. The van der Waals surface area contributed by atoms with Crippen LogP contribution >= 0.6 is 23.2 Å². The standard InChI is InChI=1S/C30H26Cl2N2O4/c1-19(37-23-9-5-3-6-10-23)29(35)33-27-15-13-21(17-25(27)31)22-14-16-28(26(32)18-22)34-30(36)20(2)38-24-11-7-4-8-12-24/h3-20H,1-2H3,(H,33,35)(H,34,36)/t19-,20-/m0/s1. The molecule has 2 atom stereocenters. The van der Waals surface area contributed by atoms with E-state index < -0.39 is 12.2 Å². The monoisotopic (exact) mass is 548 g/mol. The van der Waals surface area contributed by atoms with Crippen molar-refractivity contribution in [2.24, 2.45) is 0 Å². The molecule has 2 N–H and O–H groups in total. The average molecular weight is 549 g/mol. The van der Waals surface area contributed by atoms with Crippen molar-refractivity contribution in [3.05, 3.63) is 107 Å². The van der Waals surface area contributed by atoms with Gasteiger partial charge in [-0.15, -0.1) is 0 Å². The molecule has 0 aliphatic carbocycles. The summed E-state index contributed by atoms with van der Waals surface area (Å²) in [6, 6.07) is 28.8. The Morgan fingerprint density at radius 1 is 0.605 bits per heavy atom. The number of amides is 2. The lowest BCUT2D eigenvalue weighted by Gasteiger charge is -2.16. The van der Waals surface area contributed by atoms with Crippen LogP contribution in [-0.2, 0) is 9.59 Å². The zero-order chi connectivity index (χ0) is 27.1. The van der Waals surface area contributed by atoms with Crippen molar-refractivity contribution in [2.45, 2.75) is 26.1 Å². The van der Waals surface area contributed by atoms with E-state index in [9.17, 15) is 9.59 Å². The summed E-state index contributed by atoms with van der Waals surface area (Å²) in [5.41, 5.74) is 2.52. The second-order valence-corrected chi connectivity index (χ2v) is 9.33. The number of carbonyl (C=O) groups is 2. The Bertz CT molecular complexity index is 1310. The van der Waals surface area contributed by atoms with E-state index in [2.05, 4.69) is 10.6 Å². The molecule has 4 aromatic carbocycles. The van der Waals surface area contributed by atoms with Crippen molar-refractivity contribution in [2.75, 3.05) is 10.6 Å². The molecular weight excluding hydrogens is 523 g/mol. The fourth-order valence-electron chi connectivity index (χ4n) is 3.57. The quantitative estimate of drug-likeness (QED) is 0.227. The highest BCUT2D eigenvalue weighted by atomic mass is 35.5. The van der Waals surface area contributed by atoms with Crippen molar-refractivity contribution >= 4 is 46.4 Å². The summed E-state index contributed by atoms with van der Waals surface area (Å²) in [7, 11) is 0. The minimum Gasteiger partial charge on any atom is -0.481 e. The minimum absolute atomic E-state index is 0.322. The Labute approximate surface area is 231 Å². The van der Waals surface area contributed by atoms with Gasteiger partial charge in [0.15, 0.2) is 12.2 Å². The van der Waals surface area contributed by atoms with Crippen LogP contribution in [0.1, 0.15) is 13.8 Å². The smallest absolute Gasteiger partial charge is 0.265 e. The molecule has 2 amide bonds. The highest BCUT2D eigenvalue weighted by Crippen LogP contribution is 2.33. The molecule has 194 valence electrons. The molecule has 0 aliphatic rings. The van der Waals surface area contributed by atoms with Crippen LogP contribution in [0.4, 0.5) is 11.4 Å². The summed E-state index contributed by atoms with van der Waals surface area (Å²) >= 11 is 12.9. The van der Waals surface area contributed by atoms with Gasteiger partial charge in [0.2, 0.25) is 0 Å². The van der Waals surface area contributed by atoms with Crippen molar-refractivity contribution < 1.29 is 19.1 Å². The average Bonchev–Trinajstić information content (AvgIpc) is 2.92. The van der Waals surface area contributed by atoms with Gasteiger partial charge in [-0.1, -0.05) is 71.7 Å².